The second-order valence-corrected chi connectivity index (χ2v) is 6.85. The molecule has 2 aromatic carbocycles. The predicted octanol–water partition coefficient (Wildman–Crippen LogP) is 2.75. The third-order valence-electron chi connectivity index (χ3n) is 4.74. The van der Waals surface area contributed by atoms with Gasteiger partial charge < -0.3 is 15.2 Å². The lowest BCUT2D eigenvalue weighted by atomic mass is 10.1. The lowest BCUT2D eigenvalue weighted by Gasteiger charge is -2.25. The van der Waals surface area contributed by atoms with Crippen LogP contribution >= 0.6 is 0 Å². The third-order valence-corrected chi connectivity index (χ3v) is 4.74. The van der Waals surface area contributed by atoms with Crippen LogP contribution in [0, 0.1) is 12.7 Å². The topological polar surface area (TPSA) is 76.0 Å². The maximum absolute atomic E-state index is 13.1. The SMILES string of the molecule is Cc1ccc(CNC(=O)c2cn3c(n2)C(=O)NC(c2ccc(F)cc2)C3)cc1. The van der Waals surface area contributed by atoms with Crippen LogP contribution in [-0.4, -0.2) is 21.4 Å². The van der Waals surface area contributed by atoms with E-state index in [0.717, 1.165) is 16.7 Å². The zero-order chi connectivity index (χ0) is 19.7. The third kappa shape index (κ3) is 3.64. The van der Waals surface area contributed by atoms with Crippen LogP contribution in [0.15, 0.2) is 54.7 Å². The maximum Gasteiger partial charge on any atom is 0.287 e. The largest absolute Gasteiger partial charge is 0.347 e. The van der Waals surface area contributed by atoms with Crippen LogP contribution in [0.5, 0.6) is 0 Å². The van der Waals surface area contributed by atoms with E-state index in [0.29, 0.717) is 13.1 Å². The van der Waals surface area contributed by atoms with Gasteiger partial charge in [-0.2, -0.15) is 0 Å². The van der Waals surface area contributed by atoms with Crippen molar-refractivity contribution >= 4 is 11.8 Å². The van der Waals surface area contributed by atoms with Gasteiger partial charge in [0.05, 0.1) is 6.04 Å². The van der Waals surface area contributed by atoms with Crippen molar-refractivity contribution in [1.29, 1.82) is 0 Å². The number of hydrogen-bond donors (Lipinski definition) is 2. The molecule has 142 valence electrons. The van der Waals surface area contributed by atoms with Crippen LogP contribution in [0.3, 0.4) is 0 Å². The fourth-order valence-corrected chi connectivity index (χ4v) is 3.17. The van der Waals surface area contributed by atoms with Crippen molar-refractivity contribution in [2.75, 3.05) is 0 Å². The number of carbonyl (C=O) groups excluding carboxylic acids is 2. The van der Waals surface area contributed by atoms with E-state index < -0.39 is 0 Å². The maximum atomic E-state index is 13.1. The molecule has 4 rings (SSSR count). The Morgan fingerprint density at radius 3 is 2.64 bits per heavy atom. The minimum absolute atomic E-state index is 0.192. The number of aromatic nitrogens is 2. The van der Waals surface area contributed by atoms with Crippen LogP contribution in [0.1, 0.15) is 43.8 Å². The molecule has 2 amide bonds. The summed E-state index contributed by atoms with van der Waals surface area (Å²) in [7, 11) is 0. The normalized spacial score (nSPS) is 15.6. The number of nitrogens with one attached hydrogen (secondary N) is 2. The molecule has 0 aliphatic carbocycles. The Morgan fingerprint density at radius 2 is 1.93 bits per heavy atom. The lowest BCUT2D eigenvalue weighted by Crippen LogP contribution is -2.38. The summed E-state index contributed by atoms with van der Waals surface area (Å²) in [6.07, 6.45) is 1.58. The van der Waals surface area contributed by atoms with Crippen molar-refractivity contribution in [2.45, 2.75) is 26.1 Å². The van der Waals surface area contributed by atoms with Crippen LogP contribution in [-0.2, 0) is 13.1 Å². The van der Waals surface area contributed by atoms with E-state index >= 15 is 0 Å². The van der Waals surface area contributed by atoms with Gasteiger partial charge in [-0.15, -0.1) is 0 Å². The smallest absolute Gasteiger partial charge is 0.287 e. The van der Waals surface area contributed by atoms with E-state index in [1.807, 2.05) is 31.2 Å². The summed E-state index contributed by atoms with van der Waals surface area (Å²) in [5.41, 5.74) is 3.12. The quantitative estimate of drug-likeness (QED) is 0.733. The van der Waals surface area contributed by atoms with Gasteiger partial charge >= 0.3 is 0 Å². The molecule has 7 heteroatoms. The molecule has 0 bridgehead atoms. The van der Waals surface area contributed by atoms with Crippen molar-refractivity contribution in [3.05, 3.63) is 88.8 Å². The average molecular weight is 378 g/mol. The molecule has 1 unspecified atom stereocenters. The van der Waals surface area contributed by atoms with Crippen LogP contribution in [0.2, 0.25) is 0 Å². The van der Waals surface area contributed by atoms with Gasteiger partial charge in [-0.25, -0.2) is 9.37 Å². The van der Waals surface area contributed by atoms with Crippen LogP contribution in [0.25, 0.3) is 0 Å². The molecule has 28 heavy (non-hydrogen) atoms. The highest BCUT2D eigenvalue weighted by Gasteiger charge is 2.28. The summed E-state index contributed by atoms with van der Waals surface area (Å²) < 4.78 is 14.8. The average Bonchev–Trinajstić information content (AvgIpc) is 3.13. The Kier molecular flexibility index (Phi) is 4.65. The number of imidazole rings is 1. The van der Waals surface area contributed by atoms with E-state index in [1.165, 1.54) is 12.1 Å². The zero-order valence-electron chi connectivity index (χ0n) is 15.3. The number of rotatable bonds is 4. The van der Waals surface area contributed by atoms with Gasteiger partial charge in [-0.1, -0.05) is 42.0 Å². The van der Waals surface area contributed by atoms with Crippen molar-refractivity contribution in [3.8, 4) is 0 Å². The molecule has 3 aromatic rings. The van der Waals surface area contributed by atoms with Crippen molar-refractivity contribution < 1.29 is 14.0 Å². The highest BCUT2D eigenvalue weighted by Crippen LogP contribution is 2.22. The first-order chi connectivity index (χ1) is 13.5. The Morgan fingerprint density at radius 1 is 1.21 bits per heavy atom. The molecule has 1 aliphatic heterocycles. The van der Waals surface area contributed by atoms with E-state index in [-0.39, 0.29) is 35.2 Å². The van der Waals surface area contributed by atoms with Gasteiger partial charge in [-0.05, 0) is 30.2 Å². The minimum Gasteiger partial charge on any atom is -0.347 e. The Balaban J connectivity index is 1.47. The molecule has 1 aromatic heterocycles. The van der Waals surface area contributed by atoms with Gasteiger partial charge in [-0.3, -0.25) is 9.59 Å². The molecule has 0 spiro atoms. The standard InChI is InChI=1S/C21H19FN4O2/c1-13-2-4-14(5-3-13)10-23-20(27)18-12-26-11-17(25-21(28)19(26)24-18)15-6-8-16(22)9-7-15/h2-9,12,17H,10-11H2,1H3,(H,23,27)(H,25,28). The zero-order valence-corrected chi connectivity index (χ0v) is 15.3. The monoisotopic (exact) mass is 378 g/mol. The number of aryl methyl sites for hydroxylation is 1. The van der Waals surface area contributed by atoms with Crippen LogP contribution in [0.4, 0.5) is 4.39 Å². The molecule has 0 radical (unpaired) electrons. The molecule has 1 aliphatic rings. The first-order valence-electron chi connectivity index (χ1n) is 8.97. The lowest BCUT2D eigenvalue weighted by molar-refractivity contribution is 0.0894. The summed E-state index contributed by atoms with van der Waals surface area (Å²) in [6, 6.07) is 13.5. The molecule has 6 nitrogen and oxygen atoms in total. The molecule has 2 N–H and O–H groups in total. The number of amides is 2. The number of nitrogens with zero attached hydrogens (tertiary/aromatic N) is 2. The first-order valence-corrected chi connectivity index (χ1v) is 8.97. The van der Waals surface area contributed by atoms with E-state index in [2.05, 4.69) is 15.6 Å². The Labute approximate surface area is 161 Å². The molecule has 2 heterocycles. The first kappa shape index (κ1) is 17.9. The fourth-order valence-electron chi connectivity index (χ4n) is 3.17. The molecular weight excluding hydrogens is 359 g/mol. The van der Waals surface area contributed by atoms with Gasteiger partial charge in [0.1, 0.15) is 11.5 Å². The van der Waals surface area contributed by atoms with Gasteiger partial charge in [0.2, 0.25) is 0 Å². The van der Waals surface area contributed by atoms with Gasteiger partial charge in [0.15, 0.2) is 5.82 Å². The number of fused-ring (bicyclic) bond motifs is 1. The summed E-state index contributed by atoms with van der Waals surface area (Å²) in [5.74, 6) is -0.840. The summed E-state index contributed by atoms with van der Waals surface area (Å²) in [6.45, 7) is 2.80. The number of benzene rings is 2. The van der Waals surface area contributed by atoms with E-state index in [1.54, 1.807) is 22.9 Å². The van der Waals surface area contributed by atoms with Gasteiger partial charge in [0.25, 0.3) is 11.8 Å². The number of hydrogen-bond acceptors (Lipinski definition) is 3. The Bertz CT molecular complexity index is 1030. The van der Waals surface area contributed by atoms with Crippen molar-refractivity contribution in [1.82, 2.24) is 20.2 Å². The molecule has 0 saturated heterocycles. The summed E-state index contributed by atoms with van der Waals surface area (Å²) in [5, 5.41) is 5.67. The van der Waals surface area contributed by atoms with Crippen molar-refractivity contribution in [2.24, 2.45) is 0 Å². The fraction of sp³-hybridized carbons (Fsp3) is 0.190. The van der Waals surface area contributed by atoms with Gasteiger partial charge in [0, 0.05) is 19.3 Å². The second kappa shape index (κ2) is 7.26. The molecular formula is C21H19FN4O2. The molecule has 0 saturated carbocycles. The van der Waals surface area contributed by atoms with E-state index in [4.69, 9.17) is 0 Å². The second-order valence-electron chi connectivity index (χ2n) is 6.85. The van der Waals surface area contributed by atoms with Crippen LogP contribution < -0.4 is 10.6 Å². The number of halogens is 1. The highest BCUT2D eigenvalue weighted by molar-refractivity contribution is 5.96. The molecule has 0 fully saturated rings. The predicted molar refractivity (Wildman–Crippen MR) is 101 cm³/mol. The minimum atomic E-state index is -0.363. The van der Waals surface area contributed by atoms with Crippen molar-refractivity contribution in [3.63, 3.8) is 0 Å². The molecule has 1 atom stereocenters. The van der Waals surface area contributed by atoms with E-state index in [9.17, 15) is 14.0 Å². The highest BCUT2D eigenvalue weighted by atomic mass is 19.1. The Hall–Kier alpha value is -3.48. The summed E-state index contributed by atoms with van der Waals surface area (Å²) in [4.78, 5) is 29.0. The summed E-state index contributed by atoms with van der Waals surface area (Å²) >= 11 is 0. The number of carbonyl (C=O) groups is 2.